The van der Waals surface area contributed by atoms with E-state index < -0.39 is 5.97 Å². The first kappa shape index (κ1) is 18.1. The minimum Gasteiger partial charge on any atom is -0.478 e. The molecule has 0 fully saturated rings. The SMILES string of the molecule is CC1Cc2cc(F)ccc2C(C)N1C(=O)CCc1ccc(C(=O)O)cc1. The molecule has 2 aromatic carbocycles. The Morgan fingerprint density at radius 1 is 1.15 bits per heavy atom. The van der Waals surface area contributed by atoms with Crippen molar-refractivity contribution >= 4 is 11.9 Å². The lowest BCUT2D eigenvalue weighted by atomic mass is 9.89. The molecule has 0 saturated heterocycles. The molecule has 136 valence electrons. The normalized spacial score (nSPS) is 19.1. The Hall–Kier alpha value is -2.69. The molecule has 3 rings (SSSR count). The van der Waals surface area contributed by atoms with Gasteiger partial charge in [-0.05, 0) is 67.6 Å². The van der Waals surface area contributed by atoms with Gasteiger partial charge < -0.3 is 10.0 Å². The fourth-order valence-electron chi connectivity index (χ4n) is 3.76. The van der Waals surface area contributed by atoms with Gasteiger partial charge in [0.15, 0.2) is 0 Å². The second-order valence-corrected chi connectivity index (χ2v) is 6.88. The molecule has 0 radical (unpaired) electrons. The smallest absolute Gasteiger partial charge is 0.335 e. The lowest BCUT2D eigenvalue weighted by Gasteiger charge is -2.40. The molecule has 0 saturated carbocycles. The van der Waals surface area contributed by atoms with E-state index in [4.69, 9.17) is 5.11 Å². The van der Waals surface area contributed by atoms with Gasteiger partial charge in [-0.25, -0.2) is 9.18 Å². The Bertz CT molecular complexity index is 832. The van der Waals surface area contributed by atoms with Gasteiger partial charge in [-0.15, -0.1) is 0 Å². The number of carbonyl (C=O) groups is 2. The van der Waals surface area contributed by atoms with Crippen LogP contribution >= 0.6 is 0 Å². The molecule has 1 amide bonds. The van der Waals surface area contributed by atoms with Crippen LogP contribution < -0.4 is 0 Å². The van der Waals surface area contributed by atoms with Gasteiger partial charge in [-0.3, -0.25) is 4.79 Å². The standard InChI is InChI=1S/C21H22FNO3/c1-13-11-17-12-18(22)8-9-19(17)14(2)23(13)20(24)10-5-15-3-6-16(7-4-15)21(25)26/h3-4,6-9,12-14H,5,10-11H2,1-2H3,(H,25,26). The van der Waals surface area contributed by atoms with E-state index in [1.165, 1.54) is 6.07 Å². The van der Waals surface area contributed by atoms with Crippen molar-refractivity contribution in [1.82, 2.24) is 4.90 Å². The zero-order chi connectivity index (χ0) is 18.8. The first-order valence-corrected chi connectivity index (χ1v) is 8.78. The van der Waals surface area contributed by atoms with Crippen molar-refractivity contribution in [2.24, 2.45) is 0 Å². The van der Waals surface area contributed by atoms with Gasteiger partial charge in [0.2, 0.25) is 5.91 Å². The Balaban J connectivity index is 1.69. The molecule has 0 aromatic heterocycles. The molecular formula is C21H22FNO3. The van der Waals surface area contributed by atoms with Crippen LogP contribution in [0.3, 0.4) is 0 Å². The summed E-state index contributed by atoms with van der Waals surface area (Å²) < 4.78 is 13.5. The van der Waals surface area contributed by atoms with Crippen molar-refractivity contribution < 1.29 is 19.1 Å². The molecule has 0 aliphatic carbocycles. The van der Waals surface area contributed by atoms with Crippen molar-refractivity contribution in [1.29, 1.82) is 0 Å². The molecule has 4 nitrogen and oxygen atoms in total. The number of carboxylic acid groups (broad SMARTS) is 1. The van der Waals surface area contributed by atoms with Crippen LogP contribution in [-0.2, 0) is 17.6 Å². The predicted molar refractivity (Wildman–Crippen MR) is 96.5 cm³/mol. The van der Waals surface area contributed by atoms with Crippen LogP contribution in [0, 0.1) is 5.82 Å². The van der Waals surface area contributed by atoms with Gasteiger partial charge in [0.25, 0.3) is 0 Å². The third kappa shape index (κ3) is 3.62. The van der Waals surface area contributed by atoms with Crippen LogP contribution in [0.15, 0.2) is 42.5 Å². The number of carbonyl (C=O) groups excluding carboxylic acids is 1. The number of fused-ring (bicyclic) bond motifs is 1. The summed E-state index contributed by atoms with van der Waals surface area (Å²) in [5.41, 5.74) is 3.15. The van der Waals surface area contributed by atoms with Crippen LogP contribution in [0.4, 0.5) is 4.39 Å². The Morgan fingerprint density at radius 3 is 2.50 bits per heavy atom. The maximum atomic E-state index is 13.5. The topological polar surface area (TPSA) is 57.6 Å². The molecule has 0 bridgehead atoms. The van der Waals surface area contributed by atoms with E-state index in [2.05, 4.69) is 0 Å². The number of hydrogen-bond donors (Lipinski definition) is 1. The van der Waals surface area contributed by atoms with Gasteiger partial charge in [0.1, 0.15) is 5.82 Å². The van der Waals surface area contributed by atoms with Crippen molar-refractivity contribution in [2.45, 2.75) is 45.2 Å². The van der Waals surface area contributed by atoms with Crippen LogP contribution in [0.25, 0.3) is 0 Å². The Labute approximate surface area is 152 Å². The van der Waals surface area contributed by atoms with Gasteiger partial charge in [-0.2, -0.15) is 0 Å². The molecular weight excluding hydrogens is 333 g/mol. The van der Waals surface area contributed by atoms with Crippen molar-refractivity contribution in [3.63, 3.8) is 0 Å². The Morgan fingerprint density at radius 2 is 1.85 bits per heavy atom. The van der Waals surface area contributed by atoms with Crippen molar-refractivity contribution in [3.05, 3.63) is 70.5 Å². The van der Waals surface area contributed by atoms with Crippen LogP contribution in [-0.4, -0.2) is 27.9 Å². The number of halogens is 1. The quantitative estimate of drug-likeness (QED) is 0.902. The zero-order valence-corrected chi connectivity index (χ0v) is 14.9. The number of nitrogens with zero attached hydrogens (tertiary/aromatic N) is 1. The highest BCUT2D eigenvalue weighted by molar-refractivity contribution is 5.87. The number of aryl methyl sites for hydroxylation is 1. The average Bonchev–Trinajstić information content (AvgIpc) is 2.60. The predicted octanol–water partition coefficient (Wildman–Crippen LogP) is 3.99. The summed E-state index contributed by atoms with van der Waals surface area (Å²) >= 11 is 0. The van der Waals surface area contributed by atoms with E-state index in [9.17, 15) is 14.0 Å². The molecule has 1 heterocycles. The summed E-state index contributed by atoms with van der Waals surface area (Å²) in [6.45, 7) is 3.97. The van der Waals surface area contributed by atoms with Crippen LogP contribution in [0.2, 0.25) is 0 Å². The minimum absolute atomic E-state index is 0.0150. The first-order valence-electron chi connectivity index (χ1n) is 8.78. The van der Waals surface area contributed by atoms with Crippen LogP contribution in [0.5, 0.6) is 0 Å². The number of hydrogen-bond acceptors (Lipinski definition) is 2. The molecule has 2 unspecified atom stereocenters. The number of rotatable bonds is 4. The highest BCUT2D eigenvalue weighted by Crippen LogP contribution is 2.33. The third-order valence-corrected chi connectivity index (χ3v) is 5.08. The summed E-state index contributed by atoms with van der Waals surface area (Å²) in [4.78, 5) is 25.6. The molecule has 2 atom stereocenters. The summed E-state index contributed by atoms with van der Waals surface area (Å²) in [5.74, 6) is -1.14. The zero-order valence-electron chi connectivity index (χ0n) is 14.9. The maximum Gasteiger partial charge on any atom is 0.335 e. The van der Waals surface area contributed by atoms with Gasteiger partial charge in [-0.1, -0.05) is 18.2 Å². The Kier molecular flexibility index (Phi) is 5.07. The summed E-state index contributed by atoms with van der Waals surface area (Å²) in [6, 6.07) is 11.3. The van der Waals surface area contributed by atoms with E-state index >= 15 is 0 Å². The summed E-state index contributed by atoms with van der Waals surface area (Å²) in [5, 5.41) is 8.94. The van der Waals surface area contributed by atoms with E-state index in [0.717, 1.165) is 16.7 Å². The molecule has 5 heteroatoms. The number of benzene rings is 2. The van der Waals surface area contributed by atoms with Crippen molar-refractivity contribution in [3.8, 4) is 0 Å². The third-order valence-electron chi connectivity index (χ3n) is 5.08. The monoisotopic (exact) mass is 355 g/mol. The van der Waals surface area contributed by atoms with Crippen molar-refractivity contribution in [2.75, 3.05) is 0 Å². The summed E-state index contributed by atoms with van der Waals surface area (Å²) in [6.07, 6.45) is 1.57. The summed E-state index contributed by atoms with van der Waals surface area (Å²) in [7, 11) is 0. The fraction of sp³-hybridized carbons (Fsp3) is 0.333. The lowest BCUT2D eigenvalue weighted by Crippen LogP contribution is -2.45. The largest absolute Gasteiger partial charge is 0.478 e. The van der Waals surface area contributed by atoms with E-state index in [1.54, 1.807) is 36.4 Å². The minimum atomic E-state index is -0.960. The molecule has 0 spiro atoms. The second kappa shape index (κ2) is 7.28. The highest BCUT2D eigenvalue weighted by atomic mass is 19.1. The van der Waals surface area contributed by atoms with E-state index in [-0.39, 0.29) is 29.4 Å². The van der Waals surface area contributed by atoms with E-state index in [0.29, 0.717) is 19.3 Å². The number of amides is 1. The fourth-order valence-corrected chi connectivity index (χ4v) is 3.76. The van der Waals surface area contributed by atoms with Gasteiger partial charge >= 0.3 is 5.97 Å². The molecule has 1 aliphatic heterocycles. The average molecular weight is 355 g/mol. The molecule has 26 heavy (non-hydrogen) atoms. The molecule has 2 aromatic rings. The van der Waals surface area contributed by atoms with E-state index in [1.807, 2.05) is 18.7 Å². The van der Waals surface area contributed by atoms with Crippen LogP contribution in [0.1, 0.15) is 53.4 Å². The molecule has 1 aliphatic rings. The number of aromatic carboxylic acids is 1. The molecule has 1 N–H and O–H groups in total. The lowest BCUT2D eigenvalue weighted by molar-refractivity contribution is -0.136. The van der Waals surface area contributed by atoms with Gasteiger partial charge in [0, 0.05) is 12.5 Å². The highest BCUT2D eigenvalue weighted by Gasteiger charge is 2.32. The second-order valence-electron chi connectivity index (χ2n) is 6.88. The maximum absolute atomic E-state index is 13.5. The number of carboxylic acids is 1. The van der Waals surface area contributed by atoms with Gasteiger partial charge in [0.05, 0.1) is 11.6 Å². The first-order chi connectivity index (χ1) is 12.4.